The highest BCUT2D eigenvalue weighted by Gasteiger charge is 2.45. The van der Waals surface area contributed by atoms with E-state index < -0.39 is 18.4 Å². The largest absolute Gasteiger partial charge is 0.507 e. The predicted molar refractivity (Wildman–Crippen MR) is 219 cm³/mol. The van der Waals surface area contributed by atoms with Gasteiger partial charge >= 0.3 is 6.09 Å². The van der Waals surface area contributed by atoms with E-state index in [0.29, 0.717) is 74.7 Å². The van der Waals surface area contributed by atoms with Crippen molar-refractivity contribution in [2.45, 2.75) is 73.9 Å². The molecule has 7 rings (SSSR count). The number of aliphatic hydroxyl groups is 1. The van der Waals surface area contributed by atoms with Gasteiger partial charge in [-0.25, -0.2) is 14.7 Å². The number of amides is 3. The third kappa shape index (κ3) is 8.20. The van der Waals surface area contributed by atoms with Gasteiger partial charge in [-0.05, 0) is 79.0 Å². The average Bonchev–Trinajstić information content (AvgIpc) is 3.85. The van der Waals surface area contributed by atoms with Crippen molar-refractivity contribution in [2.75, 3.05) is 49.1 Å². The van der Waals surface area contributed by atoms with Crippen LogP contribution in [0.15, 0.2) is 71.9 Å². The quantitative estimate of drug-likeness (QED) is 0.0727. The fourth-order valence-corrected chi connectivity index (χ4v) is 9.82. The highest BCUT2D eigenvalue weighted by atomic mass is 35.5. The molecule has 1 aromatic heterocycles. The predicted octanol–water partition coefficient (Wildman–Crippen LogP) is 7.97. The number of carbonyl (C=O) groups excluding carboxylic acids is 3. The van der Waals surface area contributed by atoms with Gasteiger partial charge in [-0.1, -0.05) is 41.1 Å². The van der Waals surface area contributed by atoms with Crippen LogP contribution in [0.3, 0.4) is 0 Å². The number of halogens is 1. The highest BCUT2D eigenvalue weighted by Crippen LogP contribution is 2.46. The molecule has 2 N–H and O–H groups in total. The molecule has 1 saturated heterocycles. The number of rotatable bonds is 14. The Morgan fingerprint density at radius 2 is 1.84 bits per heavy atom. The molecule has 4 atom stereocenters. The summed E-state index contributed by atoms with van der Waals surface area (Å²) >= 11 is 6.36. The number of pyridine rings is 1. The Hall–Kier alpha value is -4.37. The average molecular weight is 821 g/mol. The Morgan fingerprint density at radius 1 is 1.04 bits per heavy atom. The smallest absolute Gasteiger partial charge is 0.416 e. The van der Waals surface area contributed by atoms with Gasteiger partial charge in [-0.3, -0.25) is 9.59 Å². The summed E-state index contributed by atoms with van der Waals surface area (Å²) in [5.41, 5.74) is 2.11. The van der Waals surface area contributed by atoms with Gasteiger partial charge < -0.3 is 34.2 Å². The van der Waals surface area contributed by atoms with E-state index in [4.69, 9.17) is 25.8 Å². The monoisotopic (exact) mass is 820 g/mol. The van der Waals surface area contributed by atoms with E-state index in [1.807, 2.05) is 49.4 Å². The van der Waals surface area contributed by atoms with E-state index >= 15 is 0 Å². The summed E-state index contributed by atoms with van der Waals surface area (Å²) in [4.78, 5) is 49.9. The van der Waals surface area contributed by atoms with E-state index in [1.165, 1.54) is 28.7 Å². The van der Waals surface area contributed by atoms with Gasteiger partial charge in [0, 0.05) is 60.3 Å². The first-order chi connectivity index (χ1) is 27.2. The molecule has 0 spiro atoms. The molecule has 4 aromatic rings. The molecule has 3 aromatic carbocycles. The highest BCUT2D eigenvalue weighted by molar-refractivity contribution is 8.76. The number of nitrogens with zero attached hydrogens (tertiary/aromatic N) is 4. The number of fused-ring (bicyclic) bond motifs is 5. The number of aromatic nitrogens is 1. The summed E-state index contributed by atoms with van der Waals surface area (Å²) in [5, 5.41) is 24.7. The Kier molecular flexibility index (Phi) is 12.7. The van der Waals surface area contributed by atoms with Gasteiger partial charge in [-0.15, -0.1) is 11.6 Å². The van der Waals surface area contributed by atoms with Gasteiger partial charge in [0.15, 0.2) is 17.7 Å². The van der Waals surface area contributed by atoms with Crippen molar-refractivity contribution in [3.05, 3.63) is 78.0 Å². The van der Waals surface area contributed by atoms with Crippen molar-refractivity contribution in [1.29, 1.82) is 0 Å². The maximum atomic E-state index is 13.8. The number of alkyl halides is 1. The van der Waals surface area contributed by atoms with E-state index in [1.54, 1.807) is 34.2 Å². The maximum Gasteiger partial charge on any atom is 0.416 e. The molecule has 3 unspecified atom stereocenters. The summed E-state index contributed by atoms with van der Waals surface area (Å²) in [6, 6.07) is 17.5. The number of ether oxygens (including phenoxy) is 3. The van der Waals surface area contributed by atoms with Crippen molar-refractivity contribution in [1.82, 2.24) is 9.88 Å². The fraction of sp³-hybridized carbons (Fsp3) is 0.415. The molecule has 3 aliphatic heterocycles. The van der Waals surface area contributed by atoms with Gasteiger partial charge in [0.25, 0.3) is 5.91 Å². The van der Waals surface area contributed by atoms with Gasteiger partial charge in [0.05, 0.1) is 36.7 Å². The fourth-order valence-electron chi connectivity index (χ4n) is 7.70. The van der Waals surface area contributed by atoms with E-state index in [9.17, 15) is 24.6 Å². The van der Waals surface area contributed by atoms with Gasteiger partial charge in [-0.2, -0.15) is 0 Å². The van der Waals surface area contributed by atoms with E-state index in [0.717, 1.165) is 26.3 Å². The summed E-state index contributed by atoms with van der Waals surface area (Å²) in [6.07, 6.45) is 3.12. The van der Waals surface area contributed by atoms with Crippen LogP contribution in [0, 0.1) is 0 Å². The lowest BCUT2D eigenvalue weighted by Gasteiger charge is -2.32. The molecular weight excluding hydrogens is 776 g/mol. The Morgan fingerprint density at radius 3 is 2.61 bits per heavy atom. The van der Waals surface area contributed by atoms with Gasteiger partial charge in [0.2, 0.25) is 5.91 Å². The van der Waals surface area contributed by atoms with Gasteiger partial charge in [0.1, 0.15) is 17.4 Å². The summed E-state index contributed by atoms with van der Waals surface area (Å²) in [5.74, 6) is 0.775. The summed E-state index contributed by atoms with van der Waals surface area (Å²) in [7, 11) is 4.48. The normalized spacial score (nSPS) is 19.3. The molecular formula is C41H45ClN4O8S2. The number of phenols is 1. The summed E-state index contributed by atoms with van der Waals surface area (Å²) in [6.45, 7) is 3.22. The lowest BCUT2D eigenvalue weighted by Crippen LogP contribution is -2.51. The molecule has 56 heavy (non-hydrogen) atoms. The molecule has 4 heterocycles. The van der Waals surface area contributed by atoms with Crippen LogP contribution < -0.4 is 19.3 Å². The molecule has 15 heteroatoms. The molecule has 3 aliphatic rings. The number of unbranched alkanes of at least 4 members (excludes halogenated alkanes) is 2. The third-order valence-electron chi connectivity index (χ3n) is 10.4. The Bertz CT molecular complexity index is 2080. The van der Waals surface area contributed by atoms with Crippen LogP contribution >= 0.6 is 33.2 Å². The molecule has 3 amide bonds. The van der Waals surface area contributed by atoms with E-state index in [-0.39, 0.29) is 53.2 Å². The first kappa shape index (κ1) is 39.8. The Labute approximate surface area is 338 Å². The number of hydrogen-bond donors (Lipinski definition) is 2. The van der Waals surface area contributed by atoms with Crippen LogP contribution in [-0.4, -0.2) is 94.8 Å². The van der Waals surface area contributed by atoms with Crippen LogP contribution in [0.4, 0.5) is 16.2 Å². The number of aromatic hydroxyl groups is 1. The minimum atomic E-state index is -1.33. The number of anilines is 2. The second kappa shape index (κ2) is 17.8. The third-order valence-corrected chi connectivity index (χ3v) is 13.6. The van der Waals surface area contributed by atoms with Crippen LogP contribution in [-0.2, 0) is 9.53 Å². The maximum absolute atomic E-state index is 13.8. The van der Waals surface area contributed by atoms with Crippen LogP contribution in [0.1, 0.15) is 67.3 Å². The number of aliphatic hydroxyl groups excluding tert-OH is 1. The molecule has 0 aliphatic carbocycles. The zero-order chi connectivity index (χ0) is 39.3. The number of benzene rings is 3. The zero-order valence-corrected chi connectivity index (χ0v) is 33.7. The topological polar surface area (TPSA) is 142 Å². The lowest BCUT2D eigenvalue weighted by molar-refractivity contribution is -0.118. The number of hydrogen-bond acceptors (Lipinski definition) is 11. The van der Waals surface area contributed by atoms with E-state index in [2.05, 4.69) is 4.98 Å². The molecule has 0 bridgehead atoms. The lowest BCUT2D eigenvalue weighted by atomic mass is 9.95. The van der Waals surface area contributed by atoms with Crippen molar-refractivity contribution in [2.24, 2.45) is 0 Å². The standard InChI is InChI=1S/C41H45ClN4O8S2/c1-25(55-56-36-14-7-8-16-43-36)24-54-41(51)46-31-21-35(34(52-2)19-29(31)39(49)44-17-10-13-30(44)40(46)50)53-18-9-3-4-15-37(48)45-23-26(22-42)38-28-12-6-5-11-27(28)33(47)20-32(38)45/h5-8,11-12,14,16,19-21,25-26,30,40,47,50H,3-4,9-10,13,15,17-18,22-24H2,1-2H3/t25?,26?,30-,40?/m0/s1. The zero-order valence-electron chi connectivity index (χ0n) is 31.3. The van der Waals surface area contributed by atoms with Crippen LogP contribution in [0.5, 0.6) is 17.2 Å². The Balaban J connectivity index is 0.990. The first-order valence-electron chi connectivity index (χ1n) is 18.8. The molecule has 1 fully saturated rings. The molecule has 0 radical (unpaired) electrons. The second-order valence-electron chi connectivity index (χ2n) is 14.1. The number of methoxy groups -OCH3 is 1. The van der Waals surface area contributed by atoms with Crippen molar-refractivity contribution in [3.8, 4) is 17.2 Å². The molecule has 0 saturated carbocycles. The second-order valence-corrected chi connectivity index (χ2v) is 17.1. The van der Waals surface area contributed by atoms with Crippen LogP contribution in [0.25, 0.3) is 10.8 Å². The molecule has 12 nitrogen and oxygen atoms in total. The van der Waals surface area contributed by atoms with Crippen molar-refractivity contribution >= 4 is 73.2 Å². The van der Waals surface area contributed by atoms with Crippen LogP contribution in [0.2, 0.25) is 0 Å². The number of phenolic OH excluding ortho intramolecular Hbond substituents is 1. The minimum absolute atomic E-state index is 0.0271. The SMILES string of the molecule is COc1cc2c(cc1OCCCCCC(=O)N1CC(CCl)c3c1cc(O)c1ccccc31)N(C(=O)OCC(C)SSc1ccccn1)C(O)[C@@H]1CCCN1C2=O. The van der Waals surface area contributed by atoms with Crippen molar-refractivity contribution in [3.63, 3.8) is 0 Å². The minimum Gasteiger partial charge on any atom is -0.507 e. The number of carbonyl (C=O) groups is 3. The first-order valence-corrected chi connectivity index (χ1v) is 21.6. The molecule has 296 valence electrons. The van der Waals surface area contributed by atoms with Crippen molar-refractivity contribution < 1.29 is 38.8 Å². The summed E-state index contributed by atoms with van der Waals surface area (Å²) < 4.78 is 17.6.